The minimum Gasteiger partial charge on any atom is -0.301 e. The maximum absolute atomic E-state index is 11.8. The third-order valence-corrected chi connectivity index (χ3v) is 1.64. The van der Waals surface area contributed by atoms with Gasteiger partial charge in [0.25, 0.3) is 0 Å². The molecule has 10 heteroatoms. The minimum atomic E-state index is -6.57. The maximum Gasteiger partial charge on any atom is 0.461 e. The van der Waals surface area contributed by atoms with E-state index in [9.17, 15) is 34.9 Å². The average molecular weight is 234 g/mol. The van der Waals surface area contributed by atoms with Crippen LogP contribution >= 0.6 is 0 Å². The molecule has 0 aromatic carbocycles. The molecule has 0 radical (unpaired) electrons. The van der Waals surface area contributed by atoms with Gasteiger partial charge in [-0.05, 0) is 0 Å². The molecule has 0 heterocycles. The molecule has 0 aromatic heterocycles. The van der Waals surface area contributed by atoms with Crippen LogP contribution in [-0.4, -0.2) is 26.1 Å². The summed E-state index contributed by atoms with van der Waals surface area (Å²) in [6.45, 7) is 0. The molecule has 0 saturated carbocycles. The SMILES string of the molecule is O=S(O)C(F)(F)C(F)(F)C(F)(F)F. The van der Waals surface area contributed by atoms with Crippen LogP contribution in [0.4, 0.5) is 30.7 Å². The van der Waals surface area contributed by atoms with Crippen LogP contribution in [0.3, 0.4) is 0 Å². The van der Waals surface area contributed by atoms with E-state index in [4.69, 9.17) is 4.55 Å². The van der Waals surface area contributed by atoms with Gasteiger partial charge in [0.05, 0.1) is 0 Å². The van der Waals surface area contributed by atoms with Crippen molar-refractivity contribution in [2.75, 3.05) is 0 Å². The van der Waals surface area contributed by atoms with Crippen molar-refractivity contribution in [3.63, 3.8) is 0 Å². The molecule has 2 nitrogen and oxygen atoms in total. The molecule has 0 aromatic rings. The second-order valence-electron chi connectivity index (χ2n) is 1.84. The van der Waals surface area contributed by atoms with Crippen molar-refractivity contribution in [3.8, 4) is 0 Å². The number of alkyl halides is 7. The Morgan fingerprint density at radius 1 is 0.923 bits per heavy atom. The molecule has 0 spiro atoms. The van der Waals surface area contributed by atoms with Gasteiger partial charge in [-0.3, -0.25) is 0 Å². The molecule has 0 rings (SSSR count). The van der Waals surface area contributed by atoms with Crippen LogP contribution in [0.1, 0.15) is 0 Å². The van der Waals surface area contributed by atoms with Crippen LogP contribution in [0.15, 0.2) is 0 Å². The van der Waals surface area contributed by atoms with Crippen LogP contribution in [0.5, 0.6) is 0 Å². The zero-order valence-corrected chi connectivity index (χ0v) is 6.23. The largest absolute Gasteiger partial charge is 0.461 e. The number of hydrogen-bond donors (Lipinski definition) is 1. The fraction of sp³-hybridized carbons (Fsp3) is 1.00. The molecule has 13 heavy (non-hydrogen) atoms. The Morgan fingerprint density at radius 3 is 1.31 bits per heavy atom. The average Bonchev–Trinajstić information content (AvgIpc) is 1.84. The molecule has 0 aliphatic heterocycles. The van der Waals surface area contributed by atoms with E-state index in [1.165, 1.54) is 0 Å². The lowest BCUT2D eigenvalue weighted by Crippen LogP contribution is -2.53. The van der Waals surface area contributed by atoms with Crippen molar-refractivity contribution < 1.29 is 39.5 Å². The molecule has 1 atom stereocenters. The molecule has 80 valence electrons. The Labute approximate surface area is 69.0 Å². The molecule has 0 saturated heterocycles. The lowest BCUT2D eigenvalue weighted by molar-refractivity contribution is -0.332. The first kappa shape index (κ1) is 12.6. The fourth-order valence-electron chi connectivity index (χ4n) is 0.275. The Bertz CT molecular complexity index is 220. The third-order valence-electron chi connectivity index (χ3n) is 0.941. The standard InChI is InChI=1S/C3HF7O2S/c4-1(5,2(6,7)8)3(9,10)13(11)12/h(H,11,12). The van der Waals surface area contributed by atoms with E-state index in [1.54, 1.807) is 0 Å². The second-order valence-corrected chi connectivity index (χ2v) is 2.85. The van der Waals surface area contributed by atoms with E-state index in [1.807, 2.05) is 0 Å². The first-order valence-corrected chi connectivity index (χ1v) is 3.48. The number of halogens is 7. The summed E-state index contributed by atoms with van der Waals surface area (Å²) in [4.78, 5) is 0. The summed E-state index contributed by atoms with van der Waals surface area (Å²) in [5.41, 5.74) is 0. The summed E-state index contributed by atoms with van der Waals surface area (Å²) in [6.07, 6.45) is -6.57. The normalized spacial score (nSPS) is 17.2. The summed E-state index contributed by atoms with van der Waals surface area (Å²) in [5.74, 6) is -6.53. The highest BCUT2D eigenvalue weighted by Gasteiger charge is 2.76. The molecule has 1 unspecified atom stereocenters. The highest BCUT2D eigenvalue weighted by Crippen LogP contribution is 2.47. The second kappa shape index (κ2) is 3.08. The van der Waals surface area contributed by atoms with Gasteiger partial charge in [0.2, 0.25) is 11.1 Å². The van der Waals surface area contributed by atoms with Gasteiger partial charge >= 0.3 is 17.4 Å². The molecular weight excluding hydrogens is 233 g/mol. The fourth-order valence-corrected chi connectivity index (χ4v) is 0.610. The van der Waals surface area contributed by atoms with E-state index in [0.29, 0.717) is 0 Å². The van der Waals surface area contributed by atoms with Gasteiger partial charge in [-0.15, -0.1) is 0 Å². The topological polar surface area (TPSA) is 37.3 Å². The number of hydrogen-bond acceptors (Lipinski definition) is 1. The molecule has 0 aliphatic carbocycles. The van der Waals surface area contributed by atoms with Crippen molar-refractivity contribution in [1.29, 1.82) is 0 Å². The Hall–Kier alpha value is -0.380. The number of rotatable bonds is 2. The van der Waals surface area contributed by atoms with Gasteiger partial charge in [0.15, 0.2) is 0 Å². The van der Waals surface area contributed by atoms with Crippen LogP contribution in [0, 0.1) is 0 Å². The van der Waals surface area contributed by atoms with Crippen molar-refractivity contribution in [2.45, 2.75) is 17.4 Å². The molecule has 0 bridgehead atoms. The van der Waals surface area contributed by atoms with Gasteiger partial charge in [-0.1, -0.05) is 0 Å². The van der Waals surface area contributed by atoms with Crippen molar-refractivity contribution in [2.24, 2.45) is 0 Å². The zero-order valence-electron chi connectivity index (χ0n) is 5.41. The highest BCUT2D eigenvalue weighted by atomic mass is 32.2. The molecule has 0 aliphatic rings. The Morgan fingerprint density at radius 2 is 1.23 bits per heavy atom. The summed E-state index contributed by atoms with van der Waals surface area (Å²) in [5, 5.41) is -6.05. The van der Waals surface area contributed by atoms with Crippen molar-refractivity contribution in [3.05, 3.63) is 0 Å². The molecule has 0 amide bonds. The predicted molar refractivity (Wildman–Crippen MR) is 26.7 cm³/mol. The van der Waals surface area contributed by atoms with E-state index in [2.05, 4.69) is 0 Å². The van der Waals surface area contributed by atoms with Gasteiger partial charge in [-0.25, -0.2) is 4.21 Å². The quantitative estimate of drug-likeness (QED) is 0.586. The van der Waals surface area contributed by atoms with Gasteiger partial charge in [0, 0.05) is 0 Å². The van der Waals surface area contributed by atoms with E-state index in [-0.39, 0.29) is 0 Å². The predicted octanol–water partition coefficient (Wildman–Crippen LogP) is 2.00. The lowest BCUT2D eigenvalue weighted by Gasteiger charge is -2.24. The van der Waals surface area contributed by atoms with Crippen molar-refractivity contribution in [1.82, 2.24) is 0 Å². The summed E-state index contributed by atoms with van der Waals surface area (Å²) < 4.78 is 97.7. The van der Waals surface area contributed by atoms with Crippen LogP contribution in [0.25, 0.3) is 0 Å². The minimum absolute atomic E-state index is 4.60. The van der Waals surface area contributed by atoms with Crippen molar-refractivity contribution >= 4 is 11.1 Å². The Balaban J connectivity index is 5.16. The van der Waals surface area contributed by atoms with Gasteiger partial charge in [-0.2, -0.15) is 30.7 Å². The third kappa shape index (κ3) is 1.93. The van der Waals surface area contributed by atoms with Crippen LogP contribution in [0.2, 0.25) is 0 Å². The summed E-state index contributed by atoms with van der Waals surface area (Å²) >= 11 is -4.60. The summed E-state index contributed by atoms with van der Waals surface area (Å²) in [6, 6.07) is 0. The first-order chi connectivity index (χ1) is 5.44. The van der Waals surface area contributed by atoms with E-state index >= 15 is 0 Å². The monoisotopic (exact) mass is 234 g/mol. The Kier molecular flexibility index (Phi) is 2.99. The summed E-state index contributed by atoms with van der Waals surface area (Å²) in [7, 11) is 0. The first-order valence-electron chi connectivity index (χ1n) is 2.38. The van der Waals surface area contributed by atoms with E-state index in [0.717, 1.165) is 0 Å². The van der Waals surface area contributed by atoms with Gasteiger partial charge in [0.1, 0.15) is 0 Å². The van der Waals surface area contributed by atoms with Crippen LogP contribution in [-0.2, 0) is 11.1 Å². The lowest BCUT2D eigenvalue weighted by atomic mass is 10.3. The maximum atomic E-state index is 11.8. The van der Waals surface area contributed by atoms with E-state index < -0.39 is 28.4 Å². The molecule has 1 N–H and O–H groups in total. The highest BCUT2D eigenvalue weighted by molar-refractivity contribution is 7.80. The molecule has 0 fully saturated rings. The van der Waals surface area contributed by atoms with Gasteiger partial charge < -0.3 is 4.55 Å². The zero-order chi connectivity index (χ0) is 11.1. The molecular formula is C3HF7O2S. The smallest absolute Gasteiger partial charge is 0.301 e. The van der Waals surface area contributed by atoms with Crippen LogP contribution < -0.4 is 0 Å².